The molecule has 34 heavy (non-hydrogen) atoms. The molecule has 0 fully saturated rings. The Balaban J connectivity index is 1.72. The number of halogens is 1. The Morgan fingerprint density at radius 3 is 2.74 bits per heavy atom. The first-order chi connectivity index (χ1) is 16.4. The highest BCUT2D eigenvalue weighted by Crippen LogP contribution is 2.43. The Morgan fingerprint density at radius 1 is 1.21 bits per heavy atom. The smallest absolute Gasteiger partial charge is 0.227 e. The van der Waals surface area contributed by atoms with Gasteiger partial charge >= 0.3 is 0 Å². The number of H-pyrrole nitrogens is 1. The molecule has 0 spiro atoms. The van der Waals surface area contributed by atoms with E-state index in [-0.39, 0.29) is 24.0 Å². The molecule has 0 saturated carbocycles. The van der Waals surface area contributed by atoms with Crippen molar-refractivity contribution in [2.75, 3.05) is 11.4 Å². The van der Waals surface area contributed by atoms with Gasteiger partial charge in [0, 0.05) is 30.3 Å². The molecule has 1 aliphatic heterocycles. The third-order valence-electron chi connectivity index (χ3n) is 6.21. The summed E-state index contributed by atoms with van der Waals surface area (Å²) >= 11 is 3.40. The van der Waals surface area contributed by atoms with E-state index >= 15 is 0 Å². The Morgan fingerprint density at radius 2 is 2.06 bits per heavy atom. The van der Waals surface area contributed by atoms with Gasteiger partial charge in [0.2, 0.25) is 5.91 Å². The molecule has 2 atom stereocenters. The van der Waals surface area contributed by atoms with Gasteiger partial charge in [-0.05, 0) is 70.4 Å². The summed E-state index contributed by atoms with van der Waals surface area (Å²) in [5.74, 6) is -0.267. The predicted octanol–water partition coefficient (Wildman–Crippen LogP) is 3.84. The molecule has 2 unspecified atom stereocenters. The SMILES string of the molecule is CCN1C(=O)CC(c2ccc(O)cn2)c2cc(C(O)(c3cccc(Br)n3)c3cnc[nH]3)ccc21. The number of fused-ring (bicyclic) bond motifs is 1. The van der Waals surface area contributed by atoms with E-state index in [1.54, 1.807) is 35.4 Å². The summed E-state index contributed by atoms with van der Waals surface area (Å²) in [4.78, 5) is 30.7. The zero-order valence-electron chi connectivity index (χ0n) is 18.3. The van der Waals surface area contributed by atoms with E-state index in [2.05, 4.69) is 35.9 Å². The molecule has 1 amide bonds. The van der Waals surface area contributed by atoms with Crippen LogP contribution in [-0.4, -0.2) is 42.6 Å². The van der Waals surface area contributed by atoms with Crippen molar-refractivity contribution in [2.24, 2.45) is 0 Å². The standard InChI is InChI=1S/C25H22BrN5O3/c1-2-31-20-9-6-15(10-18(20)17(11-24(31)33)19-8-7-16(32)12-28-19)25(34,22-13-27-14-29-22)21-4-3-5-23(26)30-21/h3-10,12-14,17,32,34H,2,11H2,1H3,(H,27,29). The lowest BCUT2D eigenvalue weighted by atomic mass is 9.80. The zero-order valence-corrected chi connectivity index (χ0v) is 19.9. The van der Waals surface area contributed by atoms with Crippen LogP contribution in [0.25, 0.3) is 0 Å². The van der Waals surface area contributed by atoms with Crippen LogP contribution in [0, 0.1) is 0 Å². The number of pyridine rings is 2. The summed E-state index contributed by atoms with van der Waals surface area (Å²) in [5, 5.41) is 21.8. The molecule has 1 aromatic carbocycles. The van der Waals surface area contributed by atoms with Gasteiger partial charge in [-0.3, -0.25) is 9.78 Å². The van der Waals surface area contributed by atoms with Crippen molar-refractivity contribution in [3.05, 3.63) is 100 Å². The highest BCUT2D eigenvalue weighted by molar-refractivity contribution is 9.10. The minimum Gasteiger partial charge on any atom is -0.506 e. The lowest BCUT2D eigenvalue weighted by Gasteiger charge is -2.35. The maximum absolute atomic E-state index is 12.9. The monoisotopic (exact) mass is 519 g/mol. The highest BCUT2D eigenvalue weighted by Gasteiger charge is 2.40. The van der Waals surface area contributed by atoms with Crippen molar-refractivity contribution < 1.29 is 15.0 Å². The van der Waals surface area contributed by atoms with E-state index in [0.717, 1.165) is 11.3 Å². The van der Waals surface area contributed by atoms with Crippen LogP contribution in [-0.2, 0) is 10.4 Å². The van der Waals surface area contributed by atoms with Gasteiger partial charge in [-0.2, -0.15) is 0 Å². The Bertz CT molecular complexity index is 1340. The van der Waals surface area contributed by atoms with Gasteiger partial charge < -0.3 is 20.1 Å². The normalized spacial score (nSPS) is 17.3. The van der Waals surface area contributed by atoms with Gasteiger partial charge in [-0.1, -0.05) is 12.1 Å². The lowest BCUT2D eigenvalue weighted by Crippen LogP contribution is -2.37. The van der Waals surface area contributed by atoms with Crippen molar-refractivity contribution in [3.8, 4) is 5.75 Å². The van der Waals surface area contributed by atoms with Gasteiger partial charge in [0.15, 0.2) is 5.60 Å². The number of amides is 1. The summed E-state index contributed by atoms with van der Waals surface area (Å²) in [6, 6.07) is 14.2. The number of benzene rings is 1. The molecule has 1 aliphatic rings. The first-order valence-corrected chi connectivity index (χ1v) is 11.6. The van der Waals surface area contributed by atoms with Crippen molar-refractivity contribution in [1.82, 2.24) is 19.9 Å². The van der Waals surface area contributed by atoms with Gasteiger partial charge in [-0.15, -0.1) is 0 Å². The molecule has 3 N–H and O–H groups in total. The number of hydrogen-bond donors (Lipinski definition) is 3. The van der Waals surface area contributed by atoms with Crippen LogP contribution in [0.5, 0.6) is 5.75 Å². The third-order valence-corrected chi connectivity index (χ3v) is 6.65. The Hall–Kier alpha value is -3.56. The van der Waals surface area contributed by atoms with Crippen molar-refractivity contribution in [1.29, 1.82) is 0 Å². The fraction of sp³-hybridized carbons (Fsp3) is 0.200. The number of rotatable bonds is 5. The zero-order chi connectivity index (χ0) is 23.9. The number of aromatic hydroxyl groups is 1. The number of nitrogens with one attached hydrogen (secondary N) is 1. The molecule has 0 saturated heterocycles. The molecule has 9 heteroatoms. The molecule has 0 radical (unpaired) electrons. The number of aromatic amines is 1. The first kappa shape index (κ1) is 22.2. The Kier molecular flexibility index (Phi) is 5.66. The van der Waals surface area contributed by atoms with E-state index in [9.17, 15) is 15.0 Å². The van der Waals surface area contributed by atoms with E-state index in [1.165, 1.54) is 12.5 Å². The second-order valence-electron chi connectivity index (χ2n) is 8.13. The topological polar surface area (TPSA) is 115 Å². The lowest BCUT2D eigenvalue weighted by molar-refractivity contribution is -0.119. The maximum atomic E-state index is 12.9. The fourth-order valence-corrected chi connectivity index (χ4v) is 4.90. The minimum atomic E-state index is -1.61. The Labute approximate surface area is 204 Å². The predicted molar refractivity (Wildman–Crippen MR) is 129 cm³/mol. The van der Waals surface area contributed by atoms with Crippen LogP contribution in [0.2, 0.25) is 0 Å². The number of hydrogen-bond acceptors (Lipinski definition) is 6. The quantitative estimate of drug-likeness (QED) is 0.345. The van der Waals surface area contributed by atoms with Crippen LogP contribution in [0.4, 0.5) is 5.69 Å². The number of carbonyl (C=O) groups is 1. The molecule has 4 heterocycles. The average Bonchev–Trinajstić information content (AvgIpc) is 3.39. The molecule has 0 aliphatic carbocycles. The summed E-state index contributed by atoms with van der Waals surface area (Å²) in [7, 11) is 0. The molecule has 8 nitrogen and oxygen atoms in total. The first-order valence-electron chi connectivity index (χ1n) is 10.9. The van der Waals surface area contributed by atoms with Gasteiger partial charge in [0.25, 0.3) is 0 Å². The molecule has 4 aromatic rings. The van der Waals surface area contributed by atoms with Gasteiger partial charge in [0.05, 0.1) is 30.1 Å². The molecule has 0 bridgehead atoms. The van der Waals surface area contributed by atoms with Crippen LogP contribution >= 0.6 is 15.9 Å². The number of anilines is 1. The van der Waals surface area contributed by atoms with Crippen LogP contribution in [0.15, 0.2) is 71.9 Å². The molecule has 3 aromatic heterocycles. The van der Waals surface area contributed by atoms with Crippen LogP contribution < -0.4 is 4.90 Å². The molecule has 172 valence electrons. The largest absolute Gasteiger partial charge is 0.506 e. The summed E-state index contributed by atoms with van der Waals surface area (Å²) in [6.07, 6.45) is 4.70. The number of nitrogens with zero attached hydrogens (tertiary/aromatic N) is 4. The fourth-order valence-electron chi connectivity index (χ4n) is 4.55. The second-order valence-corrected chi connectivity index (χ2v) is 8.94. The number of aliphatic hydroxyl groups is 1. The number of imidazole rings is 1. The van der Waals surface area contributed by atoms with E-state index in [0.29, 0.717) is 33.8 Å². The van der Waals surface area contributed by atoms with Gasteiger partial charge in [0.1, 0.15) is 10.4 Å². The van der Waals surface area contributed by atoms with E-state index < -0.39 is 5.60 Å². The number of aromatic nitrogens is 4. The molecular weight excluding hydrogens is 498 g/mol. The third kappa shape index (κ3) is 3.66. The molecule has 5 rings (SSSR count). The summed E-state index contributed by atoms with van der Waals surface area (Å²) in [5.41, 5.74) is 2.17. The minimum absolute atomic E-state index is 0.000103. The van der Waals surface area contributed by atoms with Crippen LogP contribution in [0.1, 0.15) is 47.5 Å². The van der Waals surface area contributed by atoms with E-state index in [1.807, 2.05) is 31.2 Å². The van der Waals surface area contributed by atoms with Crippen molar-refractivity contribution in [3.63, 3.8) is 0 Å². The van der Waals surface area contributed by atoms with E-state index in [4.69, 9.17) is 0 Å². The second kappa shape index (κ2) is 8.66. The summed E-state index contributed by atoms with van der Waals surface area (Å²) in [6.45, 7) is 2.46. The average molecular weight is 520 g/mol. The van der Waals surface area contributed by atoms with Crippen molar-refractivity contribution >= 4 is 27.5 Å². The molecular formula is C25H22BrN5O3. The van der Waals surface area contributed by atoms with Crippen LogP contribution in [0.3, 0.4) is 0 Å². The maximum Gasteiger partial charge on any atom is 0.227 e. The van der Waals surface area contributed by atoms with Crippen molar-refractivity contribution in [2.45, 2.75) is 24.9 Å². The van der Waals surface area contributed by atoms with Gasteiger partial charge in [-0.25, -0.2) is 9.97 Å². The highest BCUT2D eigenvalue weighted by atomic mass is 79.9. The number of carbonyl (C=O) groups excluding carboxylic acids is 1. The summed E-state index contributed by atoms with van der Waals surface area (Å²) < 4.78 is 0.592.